The number of hydrogen-bond donors (Lipinski definition) is 0. The predicted molar refractivity (Wildman–Crippen MR) is 95.3 cm³/mol. The summed E-state index contributed by atoms with van der Waals surface area (Å²) in [6.45, 7) is 0. The molecule has 1 heterocycles. The van der Waals surface area contributed by atoms with E-state index in [1.807, 2.05) is 48.5 Å². The Morgan fingerprint density at radius 1 is 1.12 bits per heavy atom. The average Bonchev–Trinajstić information content (AvgIpc) is 3.02. The monoisotopic (exact) mass is 330 g/mol. The Labute approximate surface area is 145 Å². The summed E-state index contributed by atoms with van der Waals surface area (Å²) in [4.78, 5) is 16.5. The number of carboxylic acid groups (broad SMARTS) is 1. The number of rotatable bonds is 3. The minimum atomic E-state index is -1.15. The molecule has 4 nitrogen and oxygen atoms in total. The van der Waals surface area contributed by atoms with Crippen LogP contribution in [-0.4, -0.2) is 18.1 Å². The summed E-state index contributed by atoms with van der Waals surface area (Å²) in [5.74, 6) is -0.363. The highest BCUT2D eigenvalue weighted by Gasteiger charge is 2.24. The number of fused-ring (bicyclic) bond motifs is 2. The number of carbonyl (C=O) groups is 1. The van der Waals surface area contributed by atoms with Crippen molar-refractivity contribution in [1.29, 1.82) is 0 Å². The van der Waals surface area contributed by atoms with E-state index in [2.05, 4.69) is 0 Å². The SMILES string of the molecule is COc1ccccc1/C=C1\CCc2c1nc1ccccc1c2C(=O)[O-]. The maximum absolute atomic E-state index is 11.8. The van der Waals surface area contributed by atoms with Crippen LogP contribution >= 0.6 is 0 Å². The topological polar surface area (TPSA) is 62.2 Å². The smallest absolute Gasteiger partial charge is 0.126 e. The van der Waals surface area contributed by atoms with Gasteiger partial charge in [0, 0.05) is 16.5 Å². The van der Waals surface area contributed by atoms with Gasteiger partial charge in [0.15, 0.2) is 0 Å². The molecule has 25 heavy (non-hydrogen) atoms. The van der Waals surface area contributed by atoms with Crippen molar-refractivity contribution in [1.82, 2.24) is 4.98 Å². The second-order valence-corrected chi connectivity index (χ2v) is 6.03. The summed E-state index contributed by atoms with van der Waals surface area (Å²) in [5, 5.41) is 12.4. The van der Waals surface area contributed by atoms with Gasteiger partial charge >= 0.3 is 0 Å². The van der Waals surface area contributed by atoms with Gasteiger partial charge in [-0.3, -0.25) is 0 Å². The van der Waals surface area contributed by atoms with Gasteiger partial charge in [-0.2, -0.15) is 0 Å². The van der Waals surface area contributed by atoms with Gasteiger partial charge in [-0.05, 0) is 42.2 Å². The number of hydrogen-bond acceptors (Lipinski definition) is 4. The molecule has 0 spiro atoms. The fraction of sp³-hybridized carbons (Fsp3) is 0.143. The number of carbonyl (C=O) groups excluding carboxylic acids is 1. The standard InChI is InChI=1S/C21H17NO3/c1-25-18-9-5-2-6-13(18)12-14-10-11-16-19(21(23)24)15-7-3-4-8-17(15)22-20(14)16/h2-9,12H,10-11H2,1H3,(H,23,24)/p-1/b14-12+. The van der Waals surface area contributed by atoms with Crippen LogP contribution in [0.15, 0.2) is 48.5 Å². The van der Waals surface area contributed by atoms with Crippen molar-refractivity contribution in [2.45, 2.75) is 12.8 Å². The van der Waals surface area contributed by atoms with Crippen molar-refractivity contribution in [2.24, 2.45) is 0 Å². The number of aromatic nitrogens is 1. The van der Waals surface area contributed by atoms with Crippen LogP contribution in [0, 0.1) is 0 Å². The van der Waals surface area contributed by atoms with Gasteiger partial charge < -0.3 is 14.6 Å². The Morgan fingerprint density at radius 2 is 1.88 bits per heavy atom. The summed E-state index contributed by atoms with van der Waals surface area (Å²) < 4.78 is 5.41. The number of para-hydroxylation sites is 2. The molecule has 0 fully saturated rings. The van der Waals surface area contributed by atoms with Gasteiger partial charge in [0.1, 0.15) is 5.75 Å². The van der Waals surface area contributed by atoms with E-state index in [0.717, 1.165) is 34.6 Å². The second kappa shape index (κ2) is 6.06. The molecule has 124 valence electrons. The minimum Gasteiger partial charge on any atom is -0.545 e. The first-order valence-corrected chi connectivity index (χ1v) is 8.16. The Morgan fingerprint density at radius 3 is 2.68 bits per heavy atom. The third-order valence-corrected chi connectivity index (χ3v) is 4.61. The molecule has 1 aromatic heterocycles. The highest BCUT2D eigenvalue weighted by Crippen LogP contribution is 2.38. The lowest BCUT2D eigenvalue weighted by atomic mass is 10.0. The van der Waals surface area contributed by atoms with Crippen molar-refractivity contribution in [2.75, 3.05) is 7.11 Å². The predicted octanol–water partition coefficient (Wildman–Crippen LogP) is 3.09. The summed E-state index contributed by atoms with van der Waals surface area (Å²) in [5.41, 5.74) is 4.44. The van der Waals surface area contributed by atoms with Gasteiger partial charge in [0.2, 0.25) is 0 Å². The molecule has 2 aromatic carbocycles. The lowest BCUT2D eigenvalue weighted by Crippen LogP contribution is -2.24. The lowest BCUT2D eigenvalue weighted by Gasteiger charge is -2.13. The van der Waals surface area contributed by atoms with Crippen LogP contribution in [0.4, 0.5) is 0 Å². The Hall–Kier alpha value is -3.14. The molecular formula is C21H16NO3-. The zero-order valence-corrected chi connectivity index (χ0v) is 13.8. The Kier molecular flexibility index (Phi) is 3.73. The molecule has 0 aliphatic heterocycles. The average molecular weight is 330 g/mol. The van der Waals surface area contributed by atoms with Gasteiger partial charge in [0.05, 0.1) is 24.3 Å². The molecule has 3 aromatic rings. The van der Waals surface area contributed by atoms with E-state index >= 15 is 0 Å². The van der Waals surface area contributed by atoms with Crippen molar-refractivity contribution in [3.8, 4) is 5.75 Å². The molecule has 0 unspecified atom stereocenters. The normalized spacial score (nSPS) is 14.7. The molecule has 0 bridgehead atoms. The van der Waals surface area contributed by atoms with Gasteiger partial charge in [-0.15, -0.1) is 0 Å². The van der Waals surface area contributed by atoms with E-state index in [1.54, 1.807) is 13.2 Å². The van der Waals surface area contributed by atoms with Crippen molar-refractivity contribution < 1.29 is 14.6 Å². The van der Waals surface area contributed by atoms with Gasteiger partial charge in [0.25, 0.3) is 0 Å². The summed E-state index contributed by atoms with van der Waals surface area (Å²) >= 11 is 0. The van der Waals surface area contributed by atoms with Crippen molar-refractivity contribution >= 4 is 28.5 Å². The molecule has 0 atom stereocenters. The van der Waals surface area contributed by atoms with Crippen LogP contribution in [0.2, 0.25) is 0 Å². The molecule has 1 aliphatic carbocycles. The number of carboxylic acids is 1. The fourth-order valence-electron chi connectivity index (χ4n) is 3.49. The lowest BCUT2D eigenvalue weighted by molar-refractivity contribution is -0.254. The van der Waals surface area contributed by atoms with E-state index in [-0.39, 0.29) is 5.56 Å². The maximum atomic E-state index is 11.8. The molecular weight excluding hydrogens is 314 g/mol. The van der Waals surface area contributed by atoms with E-state index in [9.17, 15) is 9.90 Å². The first kappa shape index (κ1) is 15.4. The number of aromatic carboxylic acids is 1. The first-order valence-electron chi connectivity index (χ1n) is 8.16. The summed E-state index contributed by atoms with van der Waals surface area (Å²) in [6, 6.07) is 15.1. The summed E-state index contributed by atoms with van der Waals surface area (Å²) in [6.07, 6.45) is 3.43. The number of methoxy groups -OCH3 is 1. The first-order chi connectivity index (χ1) is 12.2. The molecule has 4 heteroatoms. The fourth-order valence-corrected chi connectivity index (χ4v) is 3.49. The number of ether oxygens (including phenoxy) is 1. The molecule has 0 saturated carbocycles. The van der Waals surface area contributed by atoms with Gasteiger partial charge in [-0.25, -0.2) is 4.98 Å². The molecule has 4 rings (SSSR count). The maximum Gasteiger partial charge on any atom is 0.126 e. The molecule has 0 amide bonds. The van der Waals surface area contributed by atoms with E-state index in [4.69, 9.17) is 9.72 Å². The quantitative estimate of drug-likeness (QED) is 0.740. The van der Waals surface area contributed by atoms with Crippen LogP contribution in [0.1, 0.15) is 33.6 Å². The van der Waals surface area contributed by atoms with Crippen LogP contribution in [0.3, 0.4) is 0 Å². The Bertz CT molecular complexity index is 1020. The van der Waals surface area contributed by atoms with Crippen LogP contribution < -0.4 is 9.84 Å². The Balaban J connectivity index is 1.94. The highest BCUT2D eigenvalue weighted by molar-refractivity contribution is 6.05. The van der Waals surface area contributed by atoms with E-state index < -0.39 is 5.97 Å². The van der Waals surface area contributed by atoms with Gasteiger partial charge in [-0.1, -0.05) is 36.4 Å². The largest absolute Gasteiger partial charge is 0.545 e. The minimum absolute atomic E-state index is 0.268. The van der Waals surface area contributed by atoms with Crippen LogP contribution in [0.25, 0.3) is 22.6 Å². The number of nitrogens with zero attached hydrogens (tertiary/aromatic N) is 1. The van der Waals surface area contributed by atoms with E-state index in [0.29, 0.717) is 17.3 Å². The van der Waals surface area contributed by atoms with Crippen LogP contribution in [-0.2, 0) is 6.42 Å². The molecule has 1 aliphatic rings. The van der Waals surface area contributed by atoms with Crippen molar-refractivity contribution in [3.63, 3.8) is 0 Å². The zero-order valence-electron chi connectivity index (χ0n) is 13.8. The number of pyridine rings is 1. The van der Waals surface area contributed by atoms with Crippen LogP contribution in [0.5, 0.6) is 5.75 Å². The highest BCUT2D eigenvalue weighted by atomic mass is 16.5. The third-order valence-electron chi connectivity index (χ3n) is 4.61. The molecule has 0 N–H and O–H groups in total. The molecule has 0 saturated heterocycles. The molecule has 0 radical (unpaired) electrons. The zero-order chi connectivity index (χ0) is 17.4. The third kappa shape index (κ3) is 2.56. The summed E-state index contributed by atoms with van der Waals surface area (Å²) in [7, 11) is 1.64. The second-order valence-electron chi connectivity index (χ2n) is 6.03. The van der Waals surface area contributed by atoms with E-state index in [1.165, 1.54) is 0 Å². The van der Waals surface area contributed by atoms with Crippen molar-refractivity contribution in [3.05, 3.63) is 70.9 Å². The number of benzene rings is 2. The number of allylic oxidation sites excluding steroid dienone is 1.